The first kappa shape index (κ1) is 15.6. The van der Waals surface area contributed by atoms with Crippen LogP contribution in [0.4, 0.5) is 0 Å². The van der Waals surface area contributed by atoms with Crippen LogP contribution in [0.1, 0.15) is 6.92 Å². The summed E-state index contributed by atoms with van der Waals surface area (Å²) in [4.78, 5) is 10.8. The van der Waals surface area contributed by atoms with Gasteiger partial charge in [0.15, 0.2) is 6.10 Å². The molecule has 0 heterocycles. The van der Waals surface area contributed by atoms with E-state index in [1.54, 1.807) is 6.92 Å². The number of esters is 1. The van der Waals surface area contributed by atoms with Crippen LogP contribution in [-0.2, 0) is 19.6 Å². The summed E-state index contributed by atoms with van der Waals surface area (Å²) in [5.74, 6) is -1.01. The second-order valence-electron chi connectivity index (χ2n) is 3.43. The Morgan fingerprint density at radius 1 is 1.56 bits per heavy atom. The van der Waals surface area contributed by atoms with Gasteiger partial charge < -0.3 is 9.84 Å². The van der Waals surface area contributed by atoms with Crippen LogP contribution >= 0.6 is 11.6 Å². The first-order valence-electron chi connectivity index (χ1n) is 4.61. The molecule has 2 atom stereocenters. The number of carbonyl (C=O) groups is 1. The molecule has 0 saturated carbocycles. The molecule has 0 radical (unpaired) electrons. The van der Waals surface area contributed by atoms with Gasteiger partial charge in [-0.05, 0) is 5.92 Å². The van der Waals surface area contributed by atoms with Crippen molar-refractivity contribution in [2.45, 2.75) is 13.0 Å². The maximum Gasteiger partial charge on any atom is 0.336 e. The lowest BCUT2D eigenvalue weighted by molar-refractivity contribution is -0.149. The first-order chi connectivity index (χ1) is 7.32. The van der Waals surface area contributed by atoms with Crippen molar-refractivity contribution in [3.8, 4) is 0 Å². The molecule has 6 nitrogen and oxygen atoms in total. The molecular formula is C8H16ClNO5S. The van der Waals surface area contributed by atoms with Gasteiger partial charge in [0, 0.05) is 12.4 Å². The highest BCUT2D eigenvalue weighted by Gasteiger charge is 2.20. The number of aliphatic hydroxyl groups is 1. The predicted molar refractivity (Wildman–Crippen MR) is 59.7 cm³/mol. The minimum Gasteiger partial charge on any atom is -0.467 e. The van der Waals surface area contributed by atoms with Crippen LogP contribution in [0.15, 0.2) is 0 Å². The fourth-order valence-corrected chi connectivity index (χ4v) is 2.54. The van der Waals surface area contributed by atoms with Gasteiger partial charge in [0.2, 0.25) is 10.0 Å². The lowest BCUT2D eigenvalue weighted by atomic mass is 10.3. The maximum atomic E-state index is 11.4. The highest BCUT2D eigenvalue weighted by Crippen LogP contribution is 2.02. The molecule has 2 N–H and O–H groups in total. The van der Waals surface area contributed by atoms with E-state index in [-0.39, 0.29) is 17.6 Å². The quantitative estimate of drug-likeness (QED) is 0.473. The van der Waals surface area contributed by atoms with E-state index in [1.807, 2.05) is 0 Å². The van der Waals surface area contributed by atoms with E-state index in [2.05, 4.69) is 9.46 Å². The van der Waals surface area contributed by atoms with Crippen molar-refractivity contribution in [1.29, 1.82) is 0 Å². The molecule has 0 aromatic heterocycles. The summed E-state index contributed by atoms with van der Waals surface area (Å²) < 4.78 is 29.1. The van der Waals surface area contributed by atoms with Gasteiger partial charge in [-0.15, -0.1) is 11.6 Å². The minimum atomic E-state index is -3.53. The number of methoxy groups -OCH3 is 1. The molecule has 96 valence electrons. The second-order valence-corrected chi connectivity index (χ2v) is 5.59. The van der Waals surface area contributed by atoms with E-state index in [0.29, 0.717) is 0 Å². The highest BCUT2D eigenvalue weighted by atomic mass is 35.5. The van der Waals surface area contributed by atoms with Crippen molar-refractivity contribution >= 4 is 27.6 Å². The van der Waals surface area contributed by atoms with Gasteiger partial charge >= 0.3 is 5.97 Å². The zero-order valence-corrected chi connectivity index (χ0v) is 10.7. The molecule has 0 saturated heterocycles. The first-order valence-corrected chi connectivity index (χ1v) is 6.80. The number of hydrogen-bond acceptors (Lipinski definition) is 5. The number of sulfonamides is 1. The Hall–Kier alpha value is -0.370. The Kier molecular flexibility index (Phi) is 6.89. The molecule has 0 bridgehead atoms. The Morgan fingerprint density at radius 3 is 2.56 bits per heavy atom. The fraction of sp³-hybridized carbons (Fsp3) is 0.875. The molecule has 8 heteroatoms. The van der Waals surface area contributed by atoms with Gasteiger partial charge in [-0.1, -0.05) is 6.92 Å². The number of carbonyl (C=O) groups excluding carboxylic acids is 1. The summed E-state index contributed by atoms with van der Waals surface area (Å²) in [6.07, 6.45) is -1.49. The smallest absolute Gasteiger partial charge is 0.336 e. The Morgan fingerprint density at radius 2 is 2.12 bits per heavy atom. The molecule has 0 aromatic rings. The normalized spacial score (nSPS) is 15.5. The van der Waals surface area contributed by atoms with Crippen molar-refractivity contribution < 1.29 is 23.1 Å². The lowest BCUT2D eigenvalue weighted by Crippen LogP contribution is -2.39. The topological polar surface area (TPSA) is 92.7 Å². The van der Waals surface area contributed by atoms with E-state index in [9.17, 15) is 13.2 Å². The van der Waals surface area contributed by atoms with Gasteiger partial charge in [-0.25, -0.2) is 17.9 Å². The fourth-order valence-electron chi connectivity index (χ4n) is 0.903. The minimum absolute atomic E-state index is 0.148. The largest absolute Gasteiger partial charge is 0.467 e. The van der Waals surface area contributed by atoms with E-state index >= 15 is 0 Å². The summed E-state index contributed by atoms with van der Waals surface area (Å²) in [5, 5.41) is 9.14. The average molecular weight is 274 g/mol. The Labute approximate surface area is 100.0 Å². The number of nitrogens with one attached hydrogen (secondary N) is 1. The van der Waals surface area contributed by atoms with E-state index in [1.165, 1.54) is 0 Å². The summed E-state index contributed by atoms with van der Waals surface area (Å²) >= 11 is 5.48. The number of hydrogen-bond donors (Lipinski definition) is 2. The summed E-state index contributed by atoms with van der Waals surface area (Å²) in [7, 11) is -2.43. The van der Waals surface area contributed by atoms with Crippen LogP contribution in [0.25, 0.3) is 0 Å². The van der Waals surface area contributed by atoms with Crippen LogP contribution < -0.4 is 4.72 Å². The van der Waals surface area contributed by atoms with Gasteiger partial charge in [0.05, 0.1) is 12.9 Å². The number of aliphatic hydroxyl groups excluding tert-OH is 1. The number of rotatable bonds is 7. The van der Waals surface area contributed by atoms with Gasteiger partial charge in [-0.3, -0.25) is 0 Å². The van der Waals surface area contributed by atoms with Crippen molar-refractivity contribution in [3.63, 3.8) is 0 Å². The molecular weight excluding hydrogens is 258 g/mol. The third-order valence-corrected chi connectivity index (χ3v) is 3.88. The predicted octanol–water partition coefficient (Wildman–Crippen LogP) is -0.685. The van der Waals surface area contributed by atoms with Crippen LogP contribution in [0.5, 0.6) is 0 Å². The highest BCUT2D eigenvalue weighted by molar-refractivity contribution is 7.89. The number of alkyl halides is 1. The molecule has 0 rings (SSSR count). The van der Waals surface area contributed by atoms with Gasteiger partial charge in [-0.2, -0.15) is 0 Å². The third kappa shape index (κ3) is 6.26. The molecule has 0 spiro atoms. The van der Waals surface area contributed by atoms with Crippen LogP contribution in [0.2, 0.25) is 0 Å². The lowest BCUT2D eigenvalue weighted by Gasteiger charge is -2.12. The van der Waals surface area contributed by atoms with Crippen LogP contribution in [-0.4, -0.2) is 50.9 Å². The van der Waals surface area contributed by atoms with Gasteiger partial charge in [0.25, 0.3) is 0 Å². The zero-order valence-electron chi connectivity index (χ0n) is 9.14. The Balaban J connectivity index is 4.14. The Bertz CT molecular complexity index is 318. The van der Waals surface area contributed by atoms with Crippen LogP contribution in [0.3, 0.4) is 0 Å². The number of halogens is 1. The van der Waals surface area contributed by atoms with Crippen molar-refractivity contribution in [2.24, 2.45) is 5.92 Å². The monoisotopic (exact) mass is 273 g/mol. The second kappa shape index (κ2) is 7.05. The molecule has 16 heavy (non-hydrogen) atoms. The third-order valence-electron chi connectivity index (χ3n) is 1.74. The van der Waals surface area contributed by atoms with E-state index in [4.69, 9.17) is 16.7 Å². The zero-order chi connectivity index (χ0) is 12.8. The molecule has 0 amide bonds. The van der Waals surface area contributed by atoms with Crippen molar-refractivity contribution in [2.75, 3.05) is 25.3 Å². The molecule has 0 aromatic carbocycles. The number of ether oxygens (including phenoxy) is 1. The summed E-state index contributed by atoms with van der Waals surface area (Å²) in [5.41, 5.74) is 0. The van der Waals surface area contributed by atoms with E-state index < -0.39 is 28.6 Å². The average Bonchev–Trinajstić information content (AvgIpc) is 2.24. The standard InChI is InChI=1S/C8H16ClNO5S/c1-6(3-9)5-16(13,14)10-4-7(11)8(12)15-2/h6-7,10-11H,3-5H2,1-2H3. The molecule has 0 aliphatic carbocycles. The summed E-state index contributed by atoms with van der Waals surface area (Å²) in [6.45, 7) is 1.28. The maximum absolute atomic E-state index is 11.4. The molecule has 0 aliphatic heterocycles. The molecule has 2 unspecified atom stereocenters. The van der Waals surface area contributed by atoms with Gasteiger partial charge in [0.1, 0.15) is 0 Å². The molecule has 0 fully saturated rings. The van der Waals surface area contributed by atoms with Crippen molar-refractivity contribution in [3.05, 3.63) is 0 Å². The van der Waals surface area contributed by atoms with Crippen molar-refractivity contribution in [1.82, 2.24) is 4.72 Å². The van der Waals surface area contributed by atoms with Crippen LogP contribution in [0, 0.1) is 5.92 Å². The molecule has 0 aliphatic rings. The SMILES string of the molecule is COC(=O)C(O)CNS(=O)(=O)CC(C)CCl. The summed E-state index contributed by atoms with van der Waals surface area (Å²) in [6, 6.07) is 0. The van der Waals surface area contributed by atoms with E-state index in [0.717, 1.165) is 7.11 Å².